The number of nitrogens with one attached hydrogen (secondary N) is 1. The minimum Gasteiger partial charge on any atom is -0.494 e. The van der Waals surface area contributed by atoms with E-state index in [1.54, 1.807) is 7.11 Å². The molecule has 0 atom stereocenters. The summed E-state index contributed by atoms with van der Waals surface area (Å²) in [7, 11) is 1.67. The molecule has 20 heavy (non-hydrogen) atoms. The molecule has 0 saturated heterocycles. The van der Waals surface area contributed by atoms with Crippen LogP contribution in [0.4, 0.5) is 5.69 Å². The predicted octanol–water partition coefficient (Wildman–Crippen LogP) is 5.39. The van der Waals surface area contributed by atoms with Crippen LogP contribution >= 0.6 is 31.9 Å². The van der Waals surface area contributed by atoms with Crippen molar-refractivity contribution in [3.05, 3.63) is 56.5 Å². The minimum atomic E-state index is 0.776. The fourth-order valence-corrected chi connectivity index (χ4v) is 3.71. The number of ether oxygens (including phenoxy) is 1. The van der Waals surface area contributed by atoms with Crippen LogP contribution in [0.3, 0.4) is 0 Å². The van der Waals surface area contributed by atoms with E-state index in [1.165, 1.54) is 16.8 Å². The second-order valence-corrected chi connectivity index (χ2v) is 6.17. The maximum absolute atomic E-state index is 5.32. The van der Waals surface area contributed by atoms with Crippen LogP contribution in [0.25, 0.3) is 0 Å². The number of hydrogen-bond acceptors (Lipinski definition) is 2. The number of benzene rings is 2. The Kier molecular flexibility index (Phi) is 5.49. The smallest absolute Gasteiger partial charge is 0.147 e. The van der Waals surface area contributed by atoms with E-state index >= 15 is 0 Å². The number of para-hydroxylation sites is 1. The first-order chi connectivity index (χ1) is 9.65. The third kappa shape index (κ3) is 3.55. The zero-order valence-electron chi connectivity index (χ0n) is 11.5. The van der Waals surface area contributed by atoms with Crippen LogP contribution in [0.15, 0.2) is 45.3 Å². The quantitative estimate of drug-likeness (QED) is 0.728. The summed E-state index contributed by atoms with van der Waals surface area (Å²) in [5.74, 6) is 0.822. The van der Waals surface area contributed by atoms with E-state index in [2.05, 4.69) is 80.5 Å². The highest BCUT2D eigenvalue weighted by Gasteiger charge is 2.08. The first-order valence-corrected chi connectivity index (χ1v) is 8.08. The molecule has 0 saturated carbocycles. The first kappa shape index (κ1) is 15.4. The van der Waals surface area contributed by atoms with E-state index in [9.17, 15) is 0 Å². The molecule has 0 aliphatic rings. The van der Waals surface area contributed by atoms with Gasteiger partial charge in [-0.05, 0) is 67.6 Å². The highest BCUT2D eigenvalue weighted by Crippen LogP contribution is 2.34. The topological polar surface area (TPSA) is 21.3 Å². The van der Waals surface area contributed by atoms with Crippen LogP contribution < -0.4 is 10.1 Å². The first-order valence-electron chi connectivity index (χ1n) is 6.49. The number of aryl methyl sites for hydroxylation is 1. The molecule has 0 heterocycles. The van der Waals surface area contributed by atoms with Crippen molar-refractivity contribution in [1.82, 2.24) is 0 Å². The van der Waals surface area contributed by atoms with Gasteiger partial charge in [0.1, 0.15) is 5.75 Å². The lowest BCUT2D eigenvalue weighted by molar-refractivity contribution is 0.409. The average molecular weight is 399 g/mol. The molecule has 0 radical (unpaired) electrons. The molecule has 106 valence electrons. The Morgan fingerprint density at radius 1 is 1.10 bits per heavy atom. The van der Waals surface area contributed by atoms with Gasteiger partial charge in [0.2, 0.25) is 0 Å². The van der Waals surface area contributed by atoms with Gasteiger partial charge in [-0.3, -0.25) is 0 Å². The number of rotatable bonds is 5. The van der Waals surface area contributed by atoms with Crippen molar-refractivity contribution in [1.29, 1.82) is 0 Å². The molecule has 0 aromatic heterocycles. The highest BCUT2D eigenvalue weighted by molar-refractivity contribution is 9.11. The molecule has 0 unspecified atom stereocenters. The zero-order chi connectivity index (χ0) is 14.5. The van der Waals surface area contributed by atoms with E-state index in [0.29, 0.717) is 0 Å². The number of anilines is 1. The molecule has 2 aromatic rings. The summed E-state index contributed by atoms with van der Waals surface area (Å²) in [5.41, 5.74) is 3.72. The van der Waals surface area contributed by atoms with Gasteiger partial charge < -0.3 is 10.1 Å². The van der Waals surface area contributed by atoms with E-state index in [0.717, 1.165) is 27.7 Å². The molecular formula is C16H17Br2NO. The van der Waals surface area contributed by atoms with Crippen molar-refractivity contribution < 1.29 is 4.74 Å². The summed E-state index contributed by atoms with van der Waals surface area (Å²) in [6.45, 7) is 2.94. The van der Waals surface area contributed by atoms with E-state index in [-0.39, 0.29) is 0 Å². The van der Waals surface area contributed by atoms with Gasteiger partial charge in [0.15, 0.2) is 0 Å². The van der Waals surface area contributed by atoms with Crippen LogP contribution in [-0.4, -0.2) is 7.11 Å². The summed E-state index contributed by atoms with van der Waals surface area (Å²) in [5, 5.41) is 3.49. The Labute approximate surface area is 136 Å². The Morgan fingerprint density at radius 2 is 1.75 bits per heavy atom. The molecule has 0 aliphatic heterocycles. The van der Waals surface area contributed by atoms with Crippen molar-refractivity contribution in [2.75, 3.05) is 12.4 Å². The zero-order valence-corrected chi connectivity index (χ0v) is 14.7. The van der Waals surface area contributed by atoms with Crippen LogP contribution in [0.5, 0.6) is 5.75 Å². The molecule has 2 aromatic carbocycles. The van der Waals surface area contributed by atoms with Gasteiger partial charge in [0.25, 0.3) is 0 Å². The standard InChI is InChI=1S/C16H17Br2NO/c1-3-12-6-4-5-7-15(12)19-10-11-8-13(17)16(20-2)14(18)9-11/h4-9,19H,3,10H2,1-2H3. The fraction of sp³-hybridized carbons (Fsp3) is 0.250. The van der Waals surface area contributed by atoms with Crippen LogP contribution in [-0.2, 0) is 13.0 Å². The summed E-state index contributed by atoms with van der Waals surface area (Å²) in [6, 6.07) is 12.6. The predicted molar refractivity (Wildman–Crippen MR) is 91.5 cm³/mol. The van der Waals surface area contributed by atoms with Gasteiger partial charge in [0.05, 0.1) is 16.1 Å². The average Bonchev–Trinajstić information content (AvgIpc) is 2.45. The lowest BCUT2D eigenvalue weighted by atomic mass is 10.1. The second-order valence-electron chi connectivity index (χ2n) is 4.46. The summed E-state index contributed by atoms with van der Waals surface area (Å²) in [6.07, 6.45) is 1.03. The van der Waals surface area contributed by atoms with E-state index in [1.807, 2.05) is 0 Å². The SMILES string of the molecule is CCc1ccccc1NCc1cc(Br)c(OC)c(Br)c1. The largest absolute Gasteiger partial charge is 0.494 e. The lowest BCUT2D eigenvalue weighted by Gasteiger charge is -2.13. The van der Waals surface area contributed by atoms with E-state index in [4.69, 9.17) is 4.74 Å². The number of hydrogen-bond donors (Lipinski definition) is 1. The second kappa shape index (κ2) is 7.14. The maximum atomic E-state index is 5.32. The maximum Gasteiger partial charge on any atom is 0.147 e. The van der Waals surface area contributed by atoms with Gasteiger partial charge in [-0.2, -0.15) is 0 Å². The molecule has 0 amide bonds. The van der Waals surface area contributed by atoms with Crippen molar-refractivity contribution in [2.24, 2.45) is 0 Å². The third-order valence-electron chi connectivity index (χ3n) is 3.14. The van der Waals surface area contributed by atoms with Crippen molar-refractivity contribution in [3.8, 4) is 5.75 Å². The molecule has 0 bridgehead atoms. The minimum absolute atomic E-state index is 0.776. The molecule has 4 heteroatoms. The number of methoxy groups -OCH3 is 1. The normalized spacial score (nSPS) is 10.4. The molecule has 1 N–H and O–H groups in total. The lowest BCUT2D eigenvalue weighted by Crippen LogP contribution is -2.02. The van der Waals surface area contributed by atoms with Gasteiger partial charge in [-0.1, -0.05) is 25.1 Å². The summed E-state index contributed by atoms with van der Waals surface area (Å²) < 4.78 is 7.22. The van der Waals surface area contributed by atoms with Crippen LogP contribution in [0, 0.1) is 0 Å². The molecular weight excluding hydrogens is 382 g/mol. The van der Waals surface area contributed by atoms with Gasteiger partial charge >= 0.3 is 0 Å². The Morgan fingerprint density at radius 3 is 2.35 bits per heavy atom. The molecule has 0 fully saturated rings. The van der Waals surface area contributed by atoms with Gasteiger partial charge in [-0.15, -0.1) is 0 Å². The monoisotopic (exact) mass is 397 g/mol. The van der Waals surface area contributed by atoms with E-state index < -0.39 is 0 Å². The summed E-state index contributed by atoms with van der Waals surface area (Å²) in [4.78, 5) is 0. The molecule has 0 spiro atoms. The number of halogens is 2. The van der Waals surface area contributed by atoms with Crippen molar-refractivity contribution in [2.45, 2.75) is 19.9 Å². The van der Waals surface area contributed by atoms with Crippen molar-refractivity contribution >= 4 is 37.5 Å². The molecule has 2 rings (SSSR count). The van der Waals surface area contributed by atoms with Crippen LogP contribution in [0.2, 0.25) is 0 Å². The van der Waals surface area contributed by atoms with Crippen LogP contribution in [0.1, 0.15) is 18.1 Å². The van der Waals surface area contributed by atoms with Gasteiger partial charge in [-0.25, -0.2) is 0 Å². The van der Waals surface area contributed by atoms with Gasteiger partial charge in [0, 0.05) is 12.2 Å². The third-order valence-corrected chi connectivity index (χ3v) is 4.32. The van der Waals surface area contributed by atoms with Crippen molar-refractivity contribution in [3.63, 3.8) is 0 Å². The Balaban J connectivity index is 2.15. The molecule has 2 nitrogen and oxygen atoms in total. The molecule has 0 aliphatic carbocycles. The fourth-order valence-electron chi connectivity index (χ4n) is 2.11. The Hall–Kier alpha value is -1.000. The summed E-state index contributed by atoms with van der Waals surface area (Å²) >= 11 is 7.06. The highest BCUT2D eigenvalue weighted by atomic mass is 79.9. The Bertz CT molecular complexity index is 576.